The van der Waals surface area contributed by atoms with E-state index < -0.39 is 11.6 Å². The van der Waals surface area contributed by atoms with Crippen LogP contribution in [0.2, 0.25) is 0 Å². The third kappa shape index (κ3) is 2.79. The van der Waals surface area contributed by atoms with Gasteiger partial charge in [-0.25, -0.2) is 0 Å². The van der Waals surface area contributed by atoms with E-state index in [1.54, 1.807) is 0 Å². The molecule has 0 spiro atoms. The maximum absolute atomic E-state index is 10.1. The fourth-order valence-electron chi connectivity index (χ4n) is 1.28. The van der Waals surface area contributed by atoms with E-state index >= 15 is 0 Å². The molecule has 1 rings (SSSR count). The van der Waals surface area contributed by atoms with Gasteiger partial charge in [-0.2, -0.15) is 0 Å². The van der Waals surface area contributed by atoms with Gasteiger partial charge in [-0.1, -0.05) is 0 Å². The van der Waals surface area contributed by atoms with Crippen LogP contribution in [0.1, 0.15) is 25.7 Å². The first kappa shape index (κ1) is 9.48. The lowest BCUT2D eigenvalue weighted by Gasteiger charge is -2.36. The highest BCUT2D eigenvalue weighted by molar-refractivity contribution is 5.66. The Hall–Kier alpha value is -0.610. The Balaban J connectivity index is 1.98. The third-order valence-corrected chi connectivity index (χ3v) is 2.25. The maximum atomic E-state index is 10.1. The minimum Gasteiger partial charge on any atom is -0.481 e. The second-order valence-corrected chi connectivity index (χ2v) is 3.40. The number of aliphatic carboxylic acids is 1. The molecule has 0 unspecified atom stereocenters. The molecule has 0 bridgehead atoms. The molecule has 4 heteroatoms. The molecule has 0 aromatic carbocycles. The van der Waals surface area contributed by atoms with E-state index in [9.17, 15) is 9.90 Å². The molecule has 0 aromatic heterocycles. The Bertz CT molecular complexity index is 166. The third-order valence-electron chi connectivity index (χ3n) is 2.25. The fraction of sp³-hybridized carbons (Fsp3) is 0.875. The van der Waals surface area contributed by atoms with Crippen LogP contribution in [-0.2, 0) is 4.79 Å². The van der Waals surface area contributed by atoms with Crippen molar-refractivity contribution < 1.29 is 15.0 Å². The fourth-order valence-corrected chi connectivity index (χ4v) is 1.28. The van der Waals surface area contributed by atoms with E-state index in [1.165, 1.54) is 0 Å². The summed E-state index contributed by atoms with van der Waals surface area (Å²) in [5, 5.41) is 20.8. The van der Waals surface area contributed by atoms with Crippen molar-refractivity contribution in [2.24, 2.45) is 0 Å². The number of nitrogens with one attached hydrogen (secondary N) is 1. The van der Waals surface area contributed by atoms with E-state index in [-0.39, 0.29) is 6.42 Å². The quantitative estimate of drug-likeness (QED) is 0.510. The van der Waals surface area contributed by atoms with Gasteiger partial charge in [0.05, 0.1) is 12.0 Å². The van der Waals surface area contributed by atoms with Gasteiger partial charge in [0, 0.05) is 13.1 Å². The molecule has 12 heavy (non-hydrogen) atoms. The van der Waals surface area contributed by atoms with Crippen LogP contribution in [0.4, 0.5) is 0 Å². The van der Waals surface area contributed by atoms with Crippen molar-refractivity contribution in [2.75, 3.05) is 13.1 Å². The van der Waals surface area contributed by atoms with Crippen molar-refractivity contribution in [1.29, 1.82) is 0 Å². The van der Waals surface area contributed by atoms with Crippen LogP contribution in [0.25, 0.3) is 0 Å². The number of carboxylic acids is 1. The number of carboxylic acid groups (broad SMARTS) is 1. The van der Waals surface area contributed by atoms with E-state index in [0.29, 0.717) is 13.1 Å². The minimum atomic E-state index is -0.803. The highest BCUT2D eigenvalue weighted by Gasteiger charge is 2.33. The van der Waals surface area contributed by atoms with Crippen molar-refractivity contribution in [1.82, 2.24) is 5.32 Å². The van der Waals surface area contributed by atoms with Gasteiger partial charge in [0.2, 0.25) is 0 Å². The summed E-state index contributed by atoms with van der Waals surface area (Å²) < 4.78 is 0. The number of rotatable bonds is 5. The summed E-state index contributed by atoms with van der Waals surface area (Å²) in [6, 6.07) is 0. The molecular formula is C8H15NO3. The lowest BCUT2D eigenvalue weighted by Crippen LogP contribution is -2.46. The molecule has 0 radical (unpaired) electrons. The lowest BCUT2D eigenvalue weighted by atomic mass is 9.80. The topological polar surface area (TPSA) is 69.6 Å². The van der Waals surface area contributed by atoms with Crippen molar-refractivity contribution in [2.45, 2.75) is 31.3 Å². The Morgan fingerprint density at radius 2 is 2.17 bits per heavy atom. The van der Waals surface area contributed by atoms with Gasteiger partial charge in [-0.05, 0) is 19.3 Å². The average molecular weight is 173 g/mol. The van der Waals surface area contributed by atoms with Gasteiger partial charge >= 0.3 is 5.97 Å². The zero-order valence-corrected chi connectivity index (χ0v) is 7.05. The molecule has 70 valence electrons. The van der Waals surface area contributed by atoms with Crippen LogP contribution in [0.15, 0.2) is 0 Å². The molecule has 0 saturated heterocycles. The van der Waals surface area contributed by atoms with Crippen LogP contribution in [0, 0.1) is 0 Å². The number of hydrogen-bond acceptors (Lipinski definition) is 3. The summed E-state index contributed by atoms with van der Waals surface area (Å²) in [5.74, 6) is -0.803. The van der Waals surface area contributed by atoms with Gasteiger partial charge < -0.3 is 15.5 Å². The molecule has 0 atom stereocenters. The molecule has 1 fully saturated rings. The van der Waals surface area contributed by atoms with Gasteiger partial charge in [0.25, 0.3) is 0 Å². The van der Waals surface area contributed by atoms with Crippen LogP contribution < -0.4 is 5.32 Å². The highest BCUT2D eigenvalue weighted by Crippen LogP contribution is 2.30. The van der Waals surface area contributed by atoms with E-state index in [1.807, 2.05) is 0 Å². The van der Waals surface area contributed by atoms with Crippen LogP contribution in [0.5, 0.6) is 0 Å². The summed E-state index contributed by atoms with van der Waals surface area (Å²) in [7, 11) is 0. The molecule has 4 nitrogen and oxygen atoms in total. The standard InChI is InChI=1S/C8H15NO3/c10-7(11)2-5-9-6-8(12)3-1-4-8/h9,12H,1-6H2,(H,10,11). The lowest BCUT2D eigenvalue weighted by molar-refractivity contribution is -0.137. The summed E-state index contributed by atoms with van der Waals surface area (Å²) in [5.41, 5.74) is -0.543. The largest absolute Gasteiger partial charge is 0.481 e. The first-order valence-electron chi connectivity index (χ1n) is 4.27. The van der Waals surface area contributed by atoms with Crippen LogP contribution in [-0.4, -0.2) is 34.9 Å². The molecule has 0 heterocycles. The van der Waals surface area contributed by atoms with Gasteiger partial charge in [-0.15, -0.1) is 0 Å². The molecule has 0 amide bonds. The van der Waals surface area contributed by atoms with Gasteiger partial charge in [0.15, 0.2) is 0 Å². The van der Waals surface area contributed by atoms with Gasteiger partial charge in [-0.3, -0.25) is 4.79 Å². The summed E-state index contributed by atoms with van der Waals surface area (Å²) in [6.45, 7) is 0.970. The monoisotopic (exact) mass is 173 g/mol. The smallest absolute Gasteiger partial charge is 0.304 e. The molecule has 0 aromatic rings. The van der Waals surface area contributed by atoms with E-state index in [0.717, 1.165) is 19.3 Å². The molecule has 0 aliphatic heterocycles. The van der Waals surface area contributed by atoms with Crippen LogP contribution in [0.3, 0.4) is 0 Å². The highest BCUT2D eigenvalue weighted by atomic mass is 16.4. The molecular weight excluding hydrogens is 158 g/mol. The second kappa shape index (κ2) is 3.87. The van der Waals surface area contributed by atoms with Crippen molar-refractivity contribution in [3.05, 3.63) is 0 Å². The minimum absolute atomic E-state index is 0.121. The van der Waals surface area contributed by atoms with E-state index in [4.69, 9.17) is 5.11 Å². The predicted molar refractivity (Wildman–Crippen MR) is 43.9 cm³/mol. The second-order valence-electron chi connectivity index (χ2n) is 3.40. The Labute approximate surface area is 71.6 Å². The zero-order valence-electron chi connectivity index (χ0n) is 7.05. The number of hydrogen-bond donors (Lipinski definition) is 3. The zero-order chi connectivity index (χ0) is 9.03. The maximum Gasteiger partial charge on any atom is 0.304 e. The predicted octanol–water partition coefficient (Wildman–Crippen LogP) is -0.0343. The summed E-state index contributed by atoms with van der Waals surface area (Å²) in [6.07, 6.45) is 2.88. The molecule has 1 aliphatic carbocycles. The molecule has 1 saturated carbocycles. The Morgan fingerprint density at radius 3 is 2.58 bits per heavy atom. The van der Waals surface area contributed by atoms with Gasteiger partial charge in [0.1, 0.15) is 0 Å². The Morgan fingerprint density at radius 1 is 1.50 bits per heavy atom. The first-order valence-corrected chi connectivity index (χ1v) is 4.27. The Kier molecular flexibility index (Phi) is 3.05. The SMILES string of the molecule is O=C(O)CCNCC1(O)CCC1. The summed E-state index contributed by atoms with van der Waals surface area (Å²) in [4.78, 5) is 10.1. The van der Waals surface area contributed by atoms with Crippen molar-refractivity contribution in [3.8, 4) is 0 Å². The normalized spacial score (nSPS) is 20.1. The first-order chi connectivity index (χ1) is 5.62. The molecule has 1 aliphatic rings. The molecule has 3 N–H and O–H groups in total. The van der Waals surface area contributed by atoms with E-state index in [2.05, 4.69) is 5.32 Å². The summed E-state index contributed by atoms with van der Waals surface area (Å²) >= 11 is 0. The average Bonchev–Trinajstić information content (AvgIpc) is 1.94. The van der Waals surface area contributed by atoms with Crippen molar-refractivity contribution >= 4 is 5.97 Å². The van der Waals surface area contributed by atoms with Crippen molar-refractivity contribution in [3.63, 3.8) is 0 Å². The van der Waals surface area contributed by atoms with Crippen LogP contribution >= 0.6 is 0 Å². The number of aliphatic hydroxyl groups is 1. The number of carbonyl (C=O) groups is 1.